The molecule has 1 amide bonds. The second kappa shape index (κ2) is 7.10. The Hall–Kier alpha value is -2.16. The number of piperazine rings is 1. The lowest BCUT2D eigenvalue weighted by Crippen LogP contribution is -2.43. The molecule has 2 aliphatic heterocycles. The van der Waals surface area contributed by atoms with Crippen molar-refractivity contribution in [2.45, 2.75) is 11.4 Å². The van der Waals surface area contributed by atoms with Gasteiger partial charge in [0.15, 0.2) is 5.03 Å². The fourth-order valence-corrected chi connectivity index (χ4v) is 4.21. The third kappa shape index (κ3) is 3.65. The van der Waals surface area contributed by atoms with Crippen LogP contribution in [0, 0.1) is 0 Å². The van der Waals surface area contributed by atoms with E-state index < -0.39 is 9.05 Å². The molecule has 1 aromatic carbocycles. The Bertz CT molecular complexity index is 990. The van der Waals surface area contributed by atoms with E-state index in [-0.39, 0.29) is 10.9 Å². The molecule has 1 N–H and O–H groups in total. The van der Waals surface area contributed by atoms with Crippen molar-refractivity contribution >= 4 is 37.0 Å². The van der Waals surface area contributed by atoms with Crippen molar-refractivity contribution < 1.29 is 13.2 Å². The highest BCUT2D eigenvalue weighted by Gasteiger charge is 2.28. The van der Waals surface area contributed by atoms with Crippen LogP contribution in [-0.2, 0) is 15.5 Å². The minimum absolute atomic E-state index is 0.117. The first-order valence-electron chi connectivity index (χ1n) is 8.76. The topological polar surface area (TPSA) is 82.6 Å². The van der Waals surface area contributed by atoms with Crippen LogP contribution in [0.2, 0.25) is 0 Å². The van der Waals surface area contributed by atoms with E-state index in [1.54, 1.807) is 17.0 Å². The second-order valence-electron chi connectivity index (χ2n) is 6.55. The second-order valence-corrected chi connectivity index (χ2v) is 9.06. The standard InChI is InChI=1S/C18H19ClN4O3S/c19-27(25,26)17-5-4-16-15(21-17)6-9-23(16)18(24)13-2-1-3-14(12-13)22-10-7-20-8-11-22/h1-5,12,20H,6-11H2. The van der Waals surface area contributed by atoms with Gasteiger partial charge in [-0.15, -0.1) is 0 Å². The van der Waals surface area contributed by atoms with E-state index in [0.717, 1.165) is 31.9 Å². The maximum absolute atomic E-state index is 13.0. The molecule has 0 unspecified atom stereocenters. The van der Waals surface area contributed by atoms with E-state index in [1.165, 1.54) is 6.07 Å². The van der Waals surface area contributed by atoms with E-state index >= 15 is 0 Å². The summed E-state index contributed by atoms with van der Waals surface area (Å²) in [6.45, 7) is 4.13. The van der Waals surface area contributed by atoms with Crippen LogP contribution in [0.15, 0.2) is 41.4 Å². The molecule has 0 radical (unpaired) electrons. The molecule has 9 heteroatoms. The lowest BCUT2D eigenvalue weighted by Gasteiger charge is -2.29. The van der Waals surface area contributed by atoms with Crippen molar-refractivity contribution in [3.05, 3.63) is 47.7 Å². The number of halogens is 1. The van der Waals surface area contributed by atoms with Gasteiger partial charge in [-0.2, -0.15) is 0 Å². The zero-order valence-corrected chi connectivity index (χ0v) is 16.1. The molecule has 0 spiro atoms. The van der Waals surface area contributed by atoms with Crippen LogP contribution in [0.25, 0.3) is 0 Å². The SMILES string of the molecule is O=C(c1cccc(N2CCNCC2)c1)N1CCc2nc(S(=O)(=O)Cl)ccc21. The van der Waals surface area contributed by atoms with Crippen LogP contribution in [-0.4, -0.2) is 52.0 Å². The van der Waals surface area contributed by atoms with Gasteiger partial charge in [0.05, 0.1) is 11.4 Å². The van der Waals surface area contributed by atoms with E-state index in [9.17, 15) is 13.2 Å². The fourth-order valence-electron chi connectivity index (χ4n) is 3.50. The highest BCUT2D eigenvalue weighted by Crippen LogP contribution is 2.30. The van der Waals surface area contributed by atoms with Gasteiger partial charge < -0.3 is 15.1 Å². The van der Waals surface area contributed by atoms with Crippen molar-refractivity contribution in [1.29, 1.82) is 0 Å². The summed E-state index contributed by atoms with van der Waals surface area (Å²) in [6.07, 6.45) is 0.499. The molecule has 1 aromatic heterocycles. The summed E-state index contributed by atoms with van der Waals surface area (Å²) >= 11 is 0. The van der Waals surface area contributed by atoms with E-state index in [0.29, 0.717) is 29.9 Å². The van der Waals surface area contributed by atoms with Gasteiger partial charge in [0.2, 0.25) is 0 Å². The largest absolute Gasteiger partial charge is 0.369 e. The summed E-state index contributed by atoms with van der Waals surface area (Å²) in [5.41, 5.74) is 2.84. The average Bonchev–Trinajstić information content (AvgIpc) is 3.11. The molecule has 142 valence electrons. The first-order valence-corrected chi connectivity index (χ1v) is 11.1. The van der Waals surface area contributed by atoms with Crippen LogP contribution in [0.5, 0.6) is 0 Å². The number of fused-ring (bicyclic) bond motifs is 1. The summed E-state index contributed by atoms with van der Waals surface area (Å²) in [4.78, 5) is 21.1. The van der Waals surface area contributed by atoms with Crippen molar-refractivity contribution in [2.75, 3.05) is 42.5 Å². The number of benzene rings is 1. The Morgan fingerprint density at radius 2 is 1.89 bits per heavy atom. The van der Waals surface area contributed by atoms with Gasteiger partial charge >= 0.3 is 0 Å². The Balaban J connectivity index is 1.60. The summed E-state index contributed by atoms with van der Waals surface area (Å²) in [5.74, 6) is -0.117. The monoisotopic (exact) mass is 406 g/mol. The smallest absolute Gasteiger partial charge is 0.278 e. The van der Waals surface area contributed by atoms with Gasteiger partial charge in [-0.25, -0.2) is 13.4 Å². The summed E-state index contributed by atoms with van der Waals surface area (Å²) in [7, 11) is 1.48. The first kappa shape index (κ1) is 18.2. The zero-order valence-electron chi connectivity index (χ0n) is 14.6. The van der Waals surface area contributed by atoms with Gasteiger partial charge in [0.1, 0.15) is 0 Å². The Kier molecular flexibility index (Phi) is 4.79. The number of hydrogen-bond acceptors (Lipinski definition) is 6. The molecule has 1 fully saturated rings. The molecule has 0 bridgehead atoms. The molecule has 7 nitrogen and oxygen atoms in total. The van der Waals surface area contributed by atoms with Crippen LogP contribution < -0.4 is 15.1 Å². The van der Waals surface area contributed by atoms with Crippen LogP contribution >= 0.6 is 10.7 Å². The molecule has 2 aromatic rings. The highest BCUT2D eigenvalue weighted by molar-refractivity contribution is 8.13. The molecule has 1 saturated heterocycles. The summed E-state index contributed by atoms with van der Waals surface area (Å²) in [5, 5.41) is 3.13. The van der Waals surface area contributed by atoms with Crippen molar-refractivity contribution in [1.82, 2.24) is 10.3 Å². The van der Waals surface area contributed by atoms with Gasteiger partial charge in [-0.1, -0.05) is 6.07 Å². The lowest BCUT2D eigenvalue weighted by atomic mass is 10.1. The number of nitrogens with one attached hydrogen (secondary N) is 1. The Labute approximate surface area is 162 Å². The molecule has 2 aliphatic rings. The van der Waals surface area contributed by atoms with E-state index in [2.05, 4.69) is 15.2 Å². The van der Waals surface area contributed by atoms with Gasteiger partial charge in [-0.05, 0) is 30.3 Å². The molecule has 3 heterocycles. The molecule has 0 aliphatic carbocycles. The normalized spacial score (nSPS) is 17.1. The van der Waals surface area contributed by atoms with Gasteiger partial charge in [-0.3, -0.25) is 4.79 Å². The van der Waals surface area contributed by atoms with Crippen molar-refractivity contribution in [2.24, 2.45) is 0 Å². The van der Waals surface area contributed by atoms with Crippen molar-refractivity contribution in [3.63, 3.8) is 0 Å². The van der Waals surface area contributed by atoms with E-state index in [4.69, 9.17) is 10.7 Å². The molecule has 0 atom stereocenters. The molecule has 4 rings (SSSR count). The minimum Gasteiger partial charge on any atom is -0.369 e. The Morgan fingerprint density at radius 3 is 2.63 bits per heavy atom. The average molecular weight is 407 g/mol. The zero-order chi connectivity index (χ0) is 19.0. The van der Waals surface area contributed by atoms with Gasteiger partial charge in [0, 0.05) is 61.1 Å². The number of amides is 1. The predicted octanol–water partition coefficient (Wildman–Crippen LogP) is 1.62. The fraction of sp³-hybridized carbons (Fsp3) is 0.333. The number of rotatable bonds is 3. The third-order valence-electron chi connectivity index (χ3n) is 4.86. The number of nitrogens with zero attached hydrogens (tertiary/aromatic N) is 3. The van der Waals surface area contributed by atoms with Crippen LogP contribution in [0.1, 0.15) is 16.1 Å². The number of anilines is 2. The van der Waals surface area contributed by atoms with Crippen LogP contribution in [0.4, 0.5) is 11.4 Å². The maximum Gasteiger partial charge on any atom is 0.278 e. The number of carbonyl (C=O) groups is 1. The molecule has 0 saturated carbocycles. The number of carbonyl (C=O) groups excluding carboxylic acids is 1. The van der Waals surface area contributed by atoms with Crippen LogP contribution in [0.3, 0.4) is 0 Å². The number of aromatic nitrogens is 1. The van der Waals surface area contributed by atoms with Gasteiger partial charge in [0.25, 0.3) is 15.0 Å². The number of pyridine rings is 1. The Morgan fingerprint density at radius 1 is 1.11 bits per heavy atom. The highest BCUT2D eigenvalue weighted by atomic mass is 35.7. The molecular formula is C18H19ClN4O3S. The predicted molar refractivity (Wildman–Crippen MR) is 104 cm³/mol. The molecule has 27 heavy (non-hydrogen) atoms. The van der Waals surface area contributed by atoms with E-state index in [1.807, 2.05) is 18.2 Å². The van der Waals surface area contributed by atoms with Crippen molar-refractivity contribution in [3.8, 4) is 0 Å². The summed E-state index contributed by atoms with van der Waals surface area (Å²) < 4.78 is 22.9. The quantitative estimate of drug-likeness (QED) is 0.780. The minimum atomic E-state index is -3.89. The summed E-state index contributed by atoms with van der Waals surface area (Å²) in [6, 6.07) is 10.6. The maximum atomic E-state index is 13.0. The first-order chi connectivity index (χ1) is 12.9. The number of hydrogen-bond donors (Lipinski definition) is 1. The lowest BCUT2D eigenvalue weighted by molar-refractivity contribution is 0.0989. The third-order valence-corrected chi connectivity index (χ3v) is 6.06. The molecular weight excluding hydrogens is 388 g/mol.